The van der Waals surface area contributed by atoms with Gasteiger partial charge in [0.2, 0.25) is 5.91 Å². The van der Waals surface area contributed by atoms with Gasteiger partial charge in [0.15, 0.2) is 14.9 Å². The first-order valence-electron chi connectivity index (χ1n) is 8.00. The third kappa shape index (κ3) is 8.76. The first-order valence-corrected chi connectivity index (χ1v) is 9.66. The van der Waals surface area contributed by atoms with Crippen molar-refractivity contribution in [3.8, 4) is 0 Å². The molecule has 4 N–H and O–H groups in total. The van der Waals surface area contributed by atoms with Crippen LogP contribution in [0.5, 0.6) is 0 Å². The summed E-state index contributed by atoms with van der Waals surface area (Å²) in [5.41, 5.74) is 1.62. The van der Waals surface area contributed by atoms with E-state index in [-0.39, 0.29) is 30.0 Å². The van der Waals surface area contributed by atoms with Crippen LogP contribution in [0.25, 0.3) is 0 Å². The van der Waals surface area contributed by atoms with Gasteiger partial charge in [0.25, 0.3) is 5.96 Å². The Morgan fingerprint density at radius 3 is 2.56 bits per heavy atom. The molecule has 1 rings (SSSR count). The van der Waals surface area contributed by atoms with Crippen LogP contribution in [-0.4, -0.2) is 49.9 Å². The van der Waals surface area contributed by atoms with Crippen molar-refractivity contribution >= 4 is 28.0 Å². The minimum atomic E-state index is -3.58. The molecule has 0 aliphatic carbocycles. The first-order chi connectivity index (χ1) is 12.7. The molecule has 1 unspecified atom stereocenters. The van der Waals surface area contributed by atoms with E-state index in [9.17, 15) is 28.1 Å². The highest BCUT2D eigenvalue weighted by Gasteiger charge is 2.18. The number of benzene rings is 1. The number of sulfone groups is 1. The maximum Gasteiger partial charge on any atom is 0.251 e. The third-order valence-electron chi connectivity index (χ3n) is 3.41. The summed E-state index contributed by atoms with van der Waals surface area (Å²) >= 11 is 0. The molecule has 0 heterocycles. The molecule has 148 valence electrons. The summed E-state index contributed by atoms with van der Waals surface area (Å²) in [6, 6.07) is 6.94. The molecule has 12 heteroatoms. The maximum atomic E-state index is 12.1. The summed E-state index contributed by atoms with van der Waals surface area (Å²) in [5.74, 6) is -1.43. The highest BCUT2D eigenvalue weighted by atomic mass is 32.2. The van der Waals surface area contributed by atoms with E-state index in [2.05, 4.69) is 10.6 Å². The average molecular weight is 399 g/mol. The van der Waals surface area contributed by atoms with Crippen LogP contribution >= 0.6 is 0 Å². The quantitative estimate of drug-likeness (QED) is 0.0973. The number of hydrogen-bond donors (Lipinski definition) is 4. The second kappa shape index (κ2) is 10.9. The van der Waals surface area contributed by atoms with Crippen molar-refractivity contribution in [2.45, 2.75) is 30.2 Å². The molecular weight excluding hydrogens is 378 g/mol. The van der Waals surface area contributed by atoms with E-state index in [1.807, 2.05) is 0 Å². The average Bonchev–Trinajstić information content (AvgIpc) is 2.62. The summed E-state index contributed by atoms with van der Waals surface area (Å²) in [5, 5.41) is 21.3. The molecule has 1 atom stereocenters. The highest BCUT2D eigenvalue weighted by Crippen LogP contribution is 2.11. The third-order valence-corrected chi connectivity index (χ3v) is 5.14. The van der Waals surface area contributed by atoms with Gasteiger partial charge >= 0.3 is 0 Å². The van der Waals surface area contributed by atoms with Crippen molar-refractivity contribution in [1.82, 2.24) is 16.1 Å². The van der Waals surface area contributed by atoms with Gasteiger partial charge in [-0.05, 0) is 25.0 Å². The molecule has 1 aromatic carbocycles. The van der Waals surface area contributed by atoms with Crippen molar-refractivity contribution in [2.75, 3.05) is 12.3 Å². The molecule has 0 aliphatic rings. The number of aldehydes is 1. The second-order valence-corrected chi connectivity index (χ2v) is 7.61. The lowest BCUT2D eigenvalue weighted by Gasteiger charge is -2.13. The molecular formula is C15H21N5O6S. The Balaban J connectivity index is 2.35. The van der Waals surface area contributed by atoms with Gasteiger partial charge in [-0.25, -0.2) is 18.5 Å². The fourth-order valence-corrected chi connectivity index (χ4v) is 3.35. The molecule has 0 bridgehead atoms. The summed E-state index contributed by atoms with van der Waals surface area (Å²) in [6.07, 6.45) is 0.842. The number of nitrogens with one attached hydrogen (secondary N) is 4. The molecule has 0 saturated heterocycles. The molecule has 0 aliphatic heterocycles. The van der Waals surface area contributed by atoms with Gasteiger partial charge in [-0.15, -0.1) is 0 Å². The Labute approximate surface area is 156 Å². The number of guanidine groups is 1. The predicted octanol–water partition coefficient (Wildman–Crippen LogP) is -0.380. The Hall–Kier alpha value is -3.02. The van der Waals surface area contributed by atoms with Crippen LogP contribution in [-0.2, 0) is 19.4 Å². The van der Waals surface area contributed by atoms with Crippen molar-refractivity contribution in [1.29, 1.82) is 5.41 Å². The van der Waals surface area contributed by atoms with Crippen LogP contribution in [0.4, 0.5) is 0 Å². The van der Waals surface area contributed by atoms with Crippen LogP contribution in [0.2, 0.25) is 0 Å². The number of hydrazine groups is 1. The summed E-state index contributed by atoms with van der Waals surface area (Å²) < 4.78 is 24.2. The molecule has 27 heavy (non-hydrogen) atoms. The van der Waals surface area contributed by atoms with Gasteiger partial charge in [0.1, 0.15) is 6.29 Å². The molecule has 0 saturated carbocycles. The SMILES string of the molecule is N=C(NCCCC(C=O)NC(=O)CCS(=O)(=O)c1ccccc1)N[N+](=O)[O-]. The topological polar surface area (TPSA) is 171 Å². The van der Waals surface area contributed by atoms with Gasteiger partial charge in [-0.2, -0.15) is 0 Å². The number of amides is 1. The van der Waals surface area contributed by atoms with Gasteiger partial charge < -0.3 is 15.4 Å². The van der Waals surface area contributed by atoms with E-state index >= 15 is 0 Å². The zero-order valence-electron chi connectivity index (χ0n) is 14.4. The number of carbonyl (C=O) groups excluding carboxylic acids is 2. The molecule has 1 amide bonds. The monoisotopic (exact) mass is 399 g/mol. The summed E-state index contributed by atoms with van der Waals surface area (Å²) in [7, 11) is -3.58. The summed E-state index contributed by atoms with van der Waals surface area (Å²) in [4.78, 5) is 33.2. The van der Waals surface area contributed by atoms with Crippen molar-refractivity contribution in [2.24, 2.45) is 0 Å². The van der Waals surface area contributed by atoms with Crippen molar-refractivity contribution < 1.29 is 23.0 Å². The van der Waals surface area contributed by atoms with Crippen LogP contribution in [0.1, 0.15) is 19.3 Å². The van der Waals surface area contributed by atoms with E-state index in [4.69, 9.17) is 5.41 Å². The number of carbonyl (C=O) groups is 2. The van der Waals surface area contributed by atoms with Crippen molar-refractivity contribution in [3.63, 3.8) is 0 Å². The molecule has 0 fully saturated rings. The number of rotatable bonds is 11. The number of nitro groups is 1. The van der Waals surface area contributed by atoms with Gasteiger partial charge in [0, 0.05) is 13.0 Å². The van der Waals surface area contributed by atoms with Crippen LogP contribution < -0.4 is 16.1 Å². The van der Waals surface area contributed by atoms with Gasteiger partial charge in [0.05, 0.1) is 16.7 Å². The van der Waals surface area contributed by atoms with Crippen LogP contribution in [0.15, 0.2) is 35.2 Å². The number of nitrogens with zero attached hydrogens (tertiary/aromatic N) is 1. The standard InChI is InChI=1S/C15H21N5O6S/c16-15(19-20(23)24)17-9-4-5-12(11-21)18-14(22)8-10-27(25,26)13-6-2-1-3-7-13/h1-3,6-7,11-12H,4-5,8-10H2,(H,18,22)(H3,16,17,19). The number of hydrogen-bond acceptors (Lipinski definition) is 7. The van der Waals surface area contributed by atoms with Gasteiger partial charge in [-0.3, -0.25) is 10.2 Å². The van der Waals surface area contributed by atoms with Crippen LogP contribution in [0.3, 0.4) is 0 Å². The largest absolute Gasteiger partial charge is 0.352 e. The minimum Gasteiger partial charge on any atom is -0.352 e. The lowest BCUT2D eigenvalue weighted by molar-refractivity contribution is -0.525. The minimum absolute atomic E-state index is 0.126. The van der Waals surface area contributed by atoms with E-state index in [0.717, 1.165) is 0 Å². The van der Waals surface area contributed by atoms with Gasteiger partial charge in [-0.1, -0.05) is 23.6 Å². The van der Waals surface area contributed by atoms with E-state index in [1.165, 1.54) is 12.1 Å². The van der Waals surface area contributed by atoms with Crippen LogP contribution in [0, 0.1) is 15.5 Å². The highest BCUT2D eigenvalue weighted by molar-refractivity contribution is 7.91. The molecule has 11 nitrogen and oxygen atoms in total. The Morgan fingerprint density at radius 1 is 1.30 bits per heavy atom. The van der Waals surface area contributed by atoms with E-state index in [0.29, 0.717) is 12.7 Å². The van der Waals surface area contributed by atoms with Crippen molar-refractivity contribution in [3.05, 3.63) is 40.4 Å². The second-order valence-electron chi connectivity index (χ2n) is 5.50. The molecule has 0 aromatic heterocycles. The maximum absolute atomic E-state index is 12.1. The molecule has 1 aromatic rings. The lowest BCUT2D eigenvalue weighted by atomic mass is 10.1. The Kier molecular flexibility index (Phi) is 8.85. The fourth-order valence-electron chi connectivity index (χ4n) is 2.09. The Bertz CT molecular complexity index is 768. The molecule has 0 spiro atoms. The smallest absolute Gasteiger partial charge is 0.251 e. The normalized spacial score (nSPS) is 11.9. The fraction of sp³-hybridized carbons (Fsp3) is 0.400. The molecule has 0 radical (unpaired) electrons. The van der Waals surface area contributed by atoms with E-state index in [1.54, 1.807) is 23.6 Å². The zero-order chi connectivity index (χ0) is 20.3. The Morgan fingerprint density at radius 2 is 1.96 bits per heavy atom. The first kappa shape index (κ1) is 22.0. The zero-order valence-corrected chi connectivity index (χ0v) is 15.2. The summed E-state index contributed by atoms with van der Waals surface area (Å²) in [6.45, 7) is 0.183. The predicted molar refractivity (Wildman–Crippen MR) is 96.2 cm³/mol. The van der Waals surface area contributed by atoms with E-state index < -0.39 is 32.8 Å². The lowest BCUT2D eigenvalue weighted by Crippen LogP contribution is -2.41.